The molecule has 1 N–H and O–H groups in total. The van der Waals surface area contributed by atoms with E-state index in [2.05, 4.69) is 81.4 Å². The van der Waals surface area contributed by atoms with Crippen LogP contribution in [0.15, 0.2) is 67.0 Å². The van der Waals surface area contributed by atoms with Crippen molar-refractivity contribution >= 4 is 23.0 Å². The van der Waals surface area contributed by atoms with Crippen LogP contribution in [-0.4, -0.2) is 14.7 Å². The van der Waals surface area contributed by atoms with Gasteiger partial charge in [-0.15, -0.1) is 0 Å². The van der Waals surface area contributed by atoms with Crippen LogP contribution in [0.3, 0.4) is 0 Å². The highest BCUT2D eigenvalue weighted by Gasteiger charge is 2.42. The van der Waals surface area contributed by atoms with Crippen molar-refractivity contribution in [2.45, 2.75) is 50.7 Å². The maximum Gasteiger partial charge on any atom is 0.174 e. The van der Waals surface area contributed by atoms with Crippen molar-refractivity contribution in [2.75, 3.05) is 4.90 Å². The van der Waals surface area contributed by atoms with Crippen molar-refractivity contribution in [2.24, 2.45) is 0 Å². The first-order valence-corrected chi connectivity index (χ1v) is 10.9. The molecule has 5 rings (SSSR count). The fraction of sp³-hybridized carbons (Fsp3) is 0.333. The van der Waals surface area contributed by atoms with Gasteiger partial charge in [0, 0.05) is 29.8 Å². The van der Waals surface area contributed by atoms with Crippen LogP contribution in [0.1, 0.15) is 60.8 Å². The van der Waals surface area contributed by atoms with Gasteiger partial charge in [0.25, 0.3) is 0 Å². The molecule has 0 radical (unpaired) electrons. The van der Waals surface area contributed by atoms with E-state index in [1.165, 1.54) is 36.9 Å². The normalized spacial score (nSPS) is 22.2. The lowest BCUT2D eigenvalue weighted by Crippen LogP contribution is -2.30. The monoisotopic (exact) mass is 402 g/mol. The third-order valence-corrected chi connectivity index (χ3v) is 6.53. The maximum atomic E-state index is 5.85. The number of nitrogens with one attached hydrogen (secondary N) is 1. The molecule has 4 nitrogen and oxygen atoms in total. The molecule has 1 aliphatic carbocycles. The van der Waals surface area contributed by atoms with Crippen LogP contribution in [0.25, 0.3) is 0 Å². The Bertz CT molecular complexity index is 1010. The van der Waals surface area contributed by atoms with Crippen molar-refractivity contribution in [1.82, 2.24) is 14.9 Å². The number of benzene rings is 1. The van der Waals surface area contributed by atoms with Gasteiger partial charge in [-0.2, -0.15) is 0 Å². The molecule has 148 valence electrons. The van der Waals surface area contributed by atoms with E-state index in [0.29, 0.717) is 6.04 Å². The number of anilines is 1. The average Bonchev–Trinajstić information content (AvgIpc) is 3.47. The molecule has 3 aromatic rings. The Balaban J connectivity index is 1.63. The summed E-state index contributed by atoms with van der Waals surface area (Å²) < 4.78 is 2.49. The van der Waals surface area contributed by atoms with Crippen LogP contribution in [-0.2, 0) is 0 Å². The summed E-state index contributed by atoms with van der Waals surface area (Å²) in [5, 5.41) is 4.34. The highest BCUT2D eigenvalue weighted by atomic mass is 32.1. The van der Waals surface area contributed by atoms with E-state index in [-0.39, 0.29) is 12.1 Å². The third kappa shape index (κ3) is 3.33. The number of hydrogen-bond acceptors (Lipinski definition) is 2. The number of hydrogen-bond donors (Lipinski definition) is 1. The van der Waals surface area contributed by atoms with Gasteiger partial charge in [0.1, 0.15) is 6.04 Å². The minimum absolute atomic E-state index is 0.0132. The number of aryl methyl sites for hydroxylation is 1. The van der Waals surface area contributed by atoms with Crippen molar-refractivity contribution < 1.29 is 0 Å². The summed E-state index contributed by atoms with van der Waals surface area (Å²) in [6, 6.07) is 19.8. The van der Waals surface area contributed by atoms with Crippen LogP contribution in [0, 0.1) is 6.92 Å². The minimum Gasteiger partial charge on any atom is -0.351 e. The fourth-order valence-corrected chi connectivity index (χ4v) is 5.23. The van der Waals surface area contributed by atoms with Gasteiger partial charge >= 0.3 is 0 Å². The van der Waals surface area contributed by atoms with E-state index in [1.807, 2.05) is 12.3 Å². The lowest BCUT2D eigenvalue weighted by Gasteiger charge is -2.30. The topological polar surface area (TPSA) is 33.1 Å². The summed E-state index contributed by atoms with van der Waals surface area (Å²) in [7, 11) is 0. The van der Waals surface area contributed by atoms with Crippen LogP contribution in [0.2, 0.25) is 0 Å². The number of rotatable bonds is 4. The molecule has 2 aromatic heterocycles. The smallest absolute Gasteiger partial charge is 0.174 e. The molecule has 2 atom stereocenters. The average molecular weight is 403 g/mol. The van der Waals surface area contributed by atoms with Crippen LogP contribution < -0.4 is 10.2 Å². The first-order valence-electron chi connectivity index (χ1n) is 10.5. The van der Waals surface area contributed by atoms with E-state index in [4.69, 9.17) is 12.2 Å². The zero-order valence-corrected chi connectivity index (χ0v) is 17.5. The molecule has 0 amide bonds. The van der Waals surface area contributed by atoms with E-state index in [9.17, 15) is 0 Å². The van der Waals surface area contributed by atoms with E-state index >= 15 is 0 Å². The zero-order valence-electron chi connectivity index (χ0n) is 16.7. The summed E-state index contributed by atoms with van der Waals surface area (Å²) in [4.78, 5) is 6.95. The predicted octanol–water partition coefficient (Wildman–Crippen LogP) is 5.48. The predicted molar refractivity (Wildman–Crippen MR) is 121 cm³/mol. The molecular weight excluding hydrogens is 376 g/mol. The first-order chi connectivity index (χ1) is 14.2. The second-order valence-electron chi connectivity index (χ2n) is 8.11. The Morgan fingerprint density at radius 1 is 1.03 bits per heavy atom. The summed E-state index contributed by atoms with van der Waals surface area (Å²) in [5.74, 6) is 0. The quantitative estimate of drug-likeness (QED) is 0.586. The molecule has 0 bridgehead atoms. The Hall–Kier alpha value is -2.66. The number of pyridine rings is 1. The summed E-state index contributed by atoms with van der Waals surface area (Å²) in [6.07, 6.45) is 9.25. The molecular formula is C24H26N4S. The summed E-state index contributed by atoms with van der Waals surface area (Å²) in [6.45, 7) is 2.13. The first kappa shape index (κ1) is 18.4. The summed E-state index contributed by atoms with van der Waals surface area (Å²) in [5.41, 5.74) is 4.69. The van der Waals surface area contributed by atoms with Gasteiger partial charge in [-0.25, -0.2) is 0 Å². The second-order valence-corrected chi connectivity index (χ2v) is 8.50. The van der Waals surface area contributed by atoms with Gasteiger partial charge in [0.15, 0.2) is 5.11 Å². The minimum atomic E-state index is 0.0132. The highest BCUT2D eigenvalue weighted by molar-refractivity contribution is 7.80. The van der Waals surface area contributed by atoms with Gasteiger partial charge in [-0.1, -0.05) is 31.0 Å². The molecule has 5 heteroatoms. The molecule has 1 saturated heterocycles. The Morgan fingerprint density at radius 2 is 1.90 bits per heavy atom. The summed E-state index contributed by atoms with van der Waals surface area (Å²) >= 11 is 5.85. The molecule has 1 aromatic carbocycles. The van der Waals surface area contributed by atoms with Gasteiger partial charge in [-0.3, -0.25) is 4.98 Å². The fourth-order valence-electron chi connectivity index (χ4n) is 4.88. The van der Waals surface area contributed by atoms with E-state index in [1.54, 1.807) is 0 Å². The Labute approximate surface area is 177 Å². The van der Waals surface area contributed by atoms with E-state index in [0.717, 1.165) is 16.5 Å². The SMILES string of the molecule is Cc1cccc(N2C(=S)N[C@@H](c3ccccn3)[C@@H]2c2cccn2C2CCCC2)c1. The van der Waals surface area contributed by atoms with Crippen LogP contribution in [0.4, 0.5) is 5.69 Å². The van der Waals surface area contributed by atoms with Crippen molar-refractivity contribution in [3.05, 3.63) is 83.9 Å². The molecule has 1 aliphatic heterocycles. The highest BCUT2D eigenvalue weighted by Crippen LogP contribution is 2.43. The molecule has 3 heterocycles. The number of aromatic nitrogens is 2. The molecule has 29 heavy (non-hydrogen) atoms. The van der Waals surface area contributed by atoms with Gasteiger partial charge in [0.2, 0.25) is 0 Å². The Kier molecular flexibility index (Phi) is 4.84. The number of thiocarbonyl (C=S) groups is 1. The molecule has 2 fully saturated rings. The standard InChI is InChI=1S/C24H26N4S/c1-17-8-6-11-19(16-17)28-23(21-13-7-15-27(21)18-9-2-3-10-18)22(26-24(28)29)20-12-4-5-14-25-20/h4-8,11-16,18,22-23H,2-3,9-10H2,1H3,(H,26,29)/t22-,23-/m0/s1. The maximum absolute atomic E-state index is 5.85. The van der Waals surface area contributed by atoms with Gasteiger partial charge < -0.3 is 14.8 Å². The van der Waals surface area contributed by atoms with Crippen molar-refractivity contribution in [3.8, 4) is 0 Å². The largest absolute Gasteiger partial charge is 0.351 e. The molecule has 2 aliphatic rings. The number of nitrogens with zero attached hydrogens (tertiary/aromatic N) is 3. The Morgan fingerprint density at radius 3 is 2.66 bits per heavy atom. The van der Waals surface area contributed by atoms with Gasteiger partial charge in [-0.05, 0) is 73.9 Å². The molecule has 0 unspecified atom stereocenters. The second kappa shape index (κ2) is 7.64. The van der Waals surface area contributed by atoms with E-state index < -0.39 is 0 Å². The lowest BCUT2D eigenvalue weighted by molar-refractivity contribution is 0.461. The molecule has 0 spiro atoms. The van der Waals surface area contributed by atoms with Crippen LogP contribution >= 0.6 is 12.2 Å². The molecule has 1 saturated carbocycles. The third-order valence-electron chi connectivity index (χ3n) is 6.21. The van der Waals surface area contributed by atoms with Gasteiger partial charge in [0.05, 0.1) is 11.7 Å². The van der Waals surface area contributed by atoms with Crippen molar-refractivity contribution in [3.63, 3.8) is 0 Å². The van der Waals surface area contributed by atoms with Crippen molar-refractivity contribution in [1.29, 1.82) is 0 Å². The van der Waals surface area contributed by atoms with Crippen LogP contribution in [0.5, 0.6) is 0 Å². The lowest BCUT2D eigenvalue weighted by atomic mass is 10.00. The zero-order chi connectivity index (χ0) is 19.8.